The Bertz CT molecular complexity index is 656. The highest BCUT2D eigenvalue weighted by molar-refractivity contribution is 6.00. The maximum Gasteiger partial charge on any atom is 0.267 e. The van der Waals surface area contributed by atoms with Crippen molar-refractivity contribution in [3.05, 3.63) is 23.8 Å². The van der Waals surface area contributed by atoms with Gasteiger partial charge in [0.15, 0.2) is 6.10 Å². The van der Waals surface area contributed by atoms with Crippen molar-refractivity contribution in [2.24, 2.45) is 0 Å². The average Bonchev–Trinajstić information content (AvgIpc) is 3.13. The summed E-state index contributed by atoms with van der Waals surface area (Å²) in [6.07, 6.45) is 3.34. The van der Waals surface area contributed by atoms with Crippen molar-refractivity contribution >= 4 is 17.5 Å². The summed E-state index contributed by atoms with van der Waals surface area (Å²) in [5, 5.41) is 2.97. The van der Waals surface area contributed by atoms with E-state index < -0.39 is 6.10 Å². The van der Waals surface area contributed by atoms with Crippen LogP contribution in [0, 0.1) is 6.92 Å². The smallest absolute Gasteiger partial charge is 0.267 e. The Balaban J connectivity index is 1.48. The first-order chi connectivity index (χ1) is 12.5. The molecule has 2 amide bonds. The summed E-state index contributed by atoms with van der Waals surface area (Å²) in [5.41, 5.74) is 1.82. The summed E-state index contributed by atoms with van der Waals surface area (Å²) >= 11 is 0. The Morgan fingerprint density at radius 1 is 1.27 bits per heavy atom. The number of anilines is 1. The van der Waals surface area contributed by atoms with Crippen molar-refractivity contribution < 1.29 is 14.3 Å². The quantitative estimate of drug-likeness (QED) is 0.758. The van der Waals surface area contributed by atoms with E-state index in [1.165, 1.54) is 25.9 Å². The van der Waals surface area contributed by atoms with Crippen molar-refractivity contribution in [1.82, 2.24) is 10.2 Å². The number of hydrogen-bond acceptors (Lipinski definition) is 4. The van der Waals surface area contributed by atoms with Gasteiger partial charge >= 0.3 is 0 Å². The highest BCUT2D eigenvalue weighted by atomic mass is 16.5. The fourth-order valence-corrected chi connectivity index (χ4v) is 3.59. The molecule has 1 N–H and O–H groups in total. The van der Waals surface area contributed by atoms with Gasteiger partial charge in [-0.05, 0) is 70.4 Å². The van der Waals surface area contributed by atoms with Crippen LogP contribution in [0.2, 0.25) is 0 Å². The number of aryl methyl sites for hydroxylation is 1. The van der Waals surface area contributed by atoms with E-state index in [1.807, 2.05) is 25.1 Å². The van der Waals surface area contributed by atoms with Crippen molar-refractivity contribution in [3.8, 4) is 5.75 Å². The van der Waals surface area contributed by atoms with Gasteiger partial charge in [0.2, 0.25) is 5.91 Å². The second-order valence-electron chi connectivity index (χ2n) is 7.22. The largest absolute Gasteiger partial charge is 0.479 e. The molecule has 0 spiro atoms. The molecule has 0 aromatic heterocycles. The number of amides is 2. The highest BCUT2D eigenvalue weighted by Gasteiger charge is 2.31. The lowest BCUT2D eigenvalue weighted by atomic mass is 10.1. The van der Waals surface area contributed by atoms with Crippen LogP contribution in [0.5, 0.6) is 5.75 Å². The van der Waals surface area contributed by atoms with Gasteiger partial charge in [0.25, 0.3) is 5.91 Å². The Hall–Kier alpha value is -2.08. The van der Waals surface area contributed by atoms with Gasteiger partial charge in [-0.25, -0.2) is 0 Å². The summed E-state index contributed by atoms with van der Waals surface area (Å²) in [5.74, 6) is 0.603. The number of likely N-dealkylation sites (tertiary alicyclic amines) is 1. The Morgan fingerprint density at radius 2 is 2.04 bits per heavy atom. The zero-order chi connectivity index (χ0) is 18.5. The average molecular weight is 359 g/mol. The molecule has 0 unspecified atom stereocenters. The number of nitrogens with one attached hydrogen (secondary N) is 1. The first-order valence-corrected chi connectivity index (χ1v) is 9.62. The maximum atomic E-state index is 12.5. The molecule has 3 rings (SSSR count). The number of fused-ring (bicyclic) bond motifs is 1. The molecular formula is C20H29N3O3. The summed E-state index contributed by atoms with van der Waals surface area (Å²) in [6.45, 7) is 8.21. The predicted octanol–water partition coefficient (Wildman–Crippen LogP) is 2.10. The van der Waals surface area contributed by atoms with E-state index in [0.29, 0.717) is 25.3 Å². The molecule has 0 saturated carbocycles. The van der Waals surface area contributed by atoms with Crippen LogP contribution >= 0.6 is 0 Å². The minimum atomic E-state index is -0.520. The first kappa shape index (κ1) is 18.7. The molecule has 2 aliphatic heterocycles. The molecule has 1 fully saturated rings. The predicted molar refractivity (Wildman–Crippen MR) is 102 cm³/mol. The van der Waals surface area contributed by atoms with Crippen LogP contribution < -0.4 is 15.0 Å². The summed E-state index contributed by atoms with van der Waals surface area (Å²) in [4.78, 5) is 28.8. The SMILES string of the molecule is Cc1ccc2c(c1)N(CCC(=O)NCCCN1CCCC1)C(=O)[C@@H](C)O2. The topological polar surface area (TPSA) is 61.9 Å². The molecule has 6 heteroatoms. The van der Waals surface area contributed by atoms with Gasteiger partial charge in [-0.2, -0.15) is 0 Å². The lowest BCUT2D eigenvalue weighted by Gasteiger charge is -2.33. The third-order valence-electron chi connectivity index (χ3n) is 5.06. The molecule has 2 heterocycles. The molecule has 26 heavy (non-hydrogen) atoms. The van der Waals surface area contributed by atoms with E-state index in [4.69, 9.17) is 4.74 Å². The van der Waals surface area contributed by atoms with E-state index in [2.05, 4.69) is 10.2 Å². The van der Waals surface area contributed by atoms with Gasteiger partial charge in [-0.15, -0.1) is 0 Å². The fraction of sp³-hybridized carbons (Fsp3) is 0.600. The number of benzene rings is 1. The number of rotatable bonds is 7. The van der Waals surface area contributed by atoms with Gasteiger partial charge < -0.3 is 19.9 Å². The monoisotopic (exact) mass is 359 g/mol. The van der Waals surface area contributed by atoms with Crippen LogP contribution in [0.3, 0.4) is 0 Å². The highest BCUT2D eigenvalue weighted by Crippen LogP contribution is 2.34. The van der Waals surface area contributed by atoms with E-state index in [0.717, 1.165) is 24.2 Å². The fourth-order valence-electron chi connectivity index (χ4n) is 3.59. The Kier molecular flexibility index (Phi) is 6.14. The summed E-state index contributed by atoms with van der Waals surface area (Å²) in [6, 6.07) is 5.79. The van der Waals surface area contributed by atoms with Crippen LogP contribution in [0.25, 0.3) is 0 Å². The zero-order valence-corrected chi connectivity index (χ0v) is 15.8. The number of carbonyl (C=O) groups excluding carboxylic acids is 2. The first-order valence-electron chi connectivity index (χ1n) is 9.62. The molecule has 142 valence electrons. The maximum absolute atomic E-state index is 12.5. The van der Waals surface area contributed by atoms with Gasteiger partial charge in [0.1, 0.15) is 5.75 Å². The van der Waals surface area contributed by atoms with Crippen molar-refractivity contribution in [1.29, 1.82) is 0 Å². The molecule has 2 aliphatic rings. The van der Waals surface area contributed by atoms with Crippen molar-refractivity contribution in [3.63, 3.8) is 0 Å². The van der Waals surface area contributed by atoms with Crippen molar-refractivity contribution in [2.45, 2.75) is 45.6 Å². The van der Waals surface area contributed by atoms with Crippen LogP contribution in [0.15, 0.2) is 18.2 Å². The van der Waals surface area contributed by atoms with Crippen LogP contribution in [-0.2, 0) is 9.59 Å². The lowest BCUT2D eigenvalue weighted by molar-refractivity contribution is -0.125. The minimum Gasteiger partial charge on any atom is -0.479 e. The molecule has 6 nitrogen and oxygen atoms in total. The molecule has 1 aromatic rings. The van der Waals surface area contributed by atoms with E-state index in [-0.39, 0.29) is 11.8 Å². The normalized spacial score (nSPS) is 20.0. The van der Waals surface area contributed by atoms with E-state index in [1.54, 1.807) is 11.8 Å². The minimum absolute atomic E-state index is 0.00688. The van der Waals surface area contributed by atoms with Crippen LogP contribution in [-0.4, -0.2) is 55.5 Å². The molecular weight excluding hydrogens is 330 g/mol. The van der Waals surface area contributed by atoms with Gasteiger partial charge in [-0.3, -0.25) is 9.59 Å². The zero-order valence-electron chi connectivity index (χ0n) is 15.8. The van der Waals surface area contributed by atoms with Gasteiger partial charge in [0, 0.05) is 19.5 Å². The molecule has 0 bridgehead atoms. The number of hydrogen-bond donors (Lipinski definition) is 1. The van der Waals surface area contributed by atoms with E-state index >= 15 is 0 Å². The molecule has 0 radical (unpaired) electrons. The van der Waals surface area contributed by atoms with Crippen LogP contribution in [0.1, 0.15) is 38.2 Å². The Labute approximate surface area is 155 Å². The Morgan fingerprint density at radius 3 is 2.81 bits per heavy atom. The molecule has 1 atom stereocenters. The van der Waals surface area contributed by atoms with Crippen LogP contribution in [0.4, 0.5) is 5.69 Å². The summed E-state index contributed by atoms with van der Waals surface area (Å²) in [7, 11) is 0. The standard InChI is InChI=1S/C20H29N3O3/c1-15-6-7-18-17(14-15)23(20(25)16(2)26-18)13-8-19(24)21-9-5-12-22-10-3-4-11-22/h6-7,14,16H,3-5,8-13H2,1-2H3,(H,21,24)/t16-/m1/s1. The van der Waals surface area contributed by atoms with E-state index in [9.17, 15) is 9.59 Å². The van der Waals surface area contributed by atoms with Gasteiger partial charge in [-0.1, -0.05) is 6.07 Å². The number of carbonyl (C=O) groups is 2. The third-order valence-corrected chi connectivity index (χ3v) is 5.06. The molecule has 0 aliphatic carbocycles. The molecule has 1 aromatic carbocycles. The molecule has 1 saturated heterocycles. The number of ether oxygens (including phenoxy) is 1. The summed E-state index contributed by atoms with van der Waals surface area (Å²) < 4.78 is 5.67. The third kappa shape index (κ3) is 4.55. The second kappa shape index (κ2) is 8.54. The van der Waals surface area contributed by atoms with Gasteiger partial charge in [0.05, 0.1) is 5.69 Å². The second-order valence-corrected chi connectivity index (χ2v) is 7.22. The lowest BCUT2D eigenvalue weighted by Crippen LogP contribution is -2.46. The number of nitrogens with zero attached hydrogens (tertiary/aromatic N) is 2. The van der Waals surface area contributed by atoms with Crippen molar-refractivity contribution in [2.75, 3.05) is 37.6 Å².